The smallest absolute Gasteiger partial charge is 0.280 e. The highest BCUT2D eigenvalue weighted by molar-refractivity contribution is 5.97. The number of nitrogens with zero attached hydrogens (tertiary/aromatic N) is 3. The van der Waals surface area contributed by atoms with Crippen LogP contribution in [0.3, 0.4) is 0 Å². The van der Waals surface area contributed by atoms with Crippen LogP contribution in [-0.2, 0) is 16.1 Å². The molecular formula is C23H25F2N5O3. The number of halogens is 2. The summed E-state index contributed by atoms with van der Waals surface area (Å²) in [5, 5.41) is 3.05. The van der Waals surface area contributed by atoms with Gasteiger partial charge >= 0.3 is 0 Å². The average molecular weight is 457 g/mol. The van der Waals surface area contributed by atoms with Crippen LogP contribution in [0.2, 0.25) is 0 Å². The van der Waals surface area contributed by atoms with Crippen LogP contribution in [0, 0.1) is 0 Å². The number of alkyl halides is 2. The van der Waals surface area contributed by atoms with Crippen molar-refractivity contribution >= 4 is 28.5 Å². The summed E-state index contributed by atoms with van der Waals surface area (Å²) in [5.41, 5.74) is 2.43. The molecule has 0 bridgehead atoms. The lowest BCUT2D eigenvalue weighted by Crippen LogP contribution is -2.48. The molecule has 0 spiro atoms. The highest BCUT2D eigenvalue weighted by Crippen LogP contribution is 2.22. The first kappa shape index (κ1) is 22.8. The molecule has 8 nitrogen and oxygen atoms in total. The molecule has 2 aromatic carbocycles. The predicted octanol–water partition coefficient (Wildman–Crippen LogP) is 2.62. The monoisotopic (exact) mass is 457 g/mol. The summed E-state index contributed by atoms with van der Waals surface area (Å²) in [6.07, 6.45) is -1.99. The van der Waals surface area contributed by atoms with Crippen LogP contribution in [0.25, 0.3) is 11.0 Å². The van der Waals surface area contributed by atoms with Crippen LogP contribution < -0.4 is 15.8 Å². The van der Waals surface area contributed by atoms with Crippen molar-refractivity contribution in [3.8, 4) is 0 Å². The van der Waals surface area contributed by atoms with E-state index in [9.17, 15) is 18.4 Å². The van der Waals surface area contributed by atoms with E-state index in [1.165, 1.54) is 18.2 Å². The number of nitrogens with one attached hydrogen (secondary N) is 2. The Hall–Kier alpha value is -3.37. The maximum atomic E-state index is 13.0. The number of hydrogen-bond acceptors (Lipinski definition) is 4. The number of aryl methyl sites for hydroxylation is 1. The molecule has 0 saturated carbocycles. The van der Waals surface area contributed by atoms with Gasteiger partial charge in [-0.05, 0) is 36.8 Å². The Morgan fingerprint density at radius 3 is 2.85 bits per heavy atom. The Morgan fingerprint density at radius 2 is 2.09 bits per heavy atom. The zero-order chi connectivity index (χ0) is 23.4. The number of anilines is 1. The van der Waals surface area contributed by atoms with Crippen molar-refractivity contribution in [1.29, 1.82) is 0 Å². The number of aromatic amines is 1. The summed E-state index contributed by atoms with van der Waals surface area (Å²) in [6, 6.07) is 10.9. The minimum absolute atomic E-state index is 0.0147. The molecule has 2 heterocycles. The Balaban J connectivity index is 1.75. The molecule has 2 N–H and O–H groups in total. The van der Waals surface area contributed by atoms with Crippen LogP contribution >= 0.6 is 0 Å². The second kappa shape index (κ2) is 10.1. The SMILES string of the molecule is COCCCn1/c(=N/C(=O)c2cccc(C(F)F)c2)[nH]c2cc(N3CCNCC3=O)ccc21. The van der Waals surface area contributed by atoms with Gasteiger partial charge in [-0.15, -0.1) is 0 Å². The van der Waals surface area contributed by atoms with Gasteiger partial charge in [0.15, 0.2) is 0 Å². The number of benzene rings is 2. The molecule has 0 atom stereocenters. The lowest BCUT2D eigenvalue weighted by Gasteiger charge is -2.27. The minimum Gasteiger partial charge on any atom is -0.385 e. The number of imidazole rings is 1. The van der Waals surface area contributed by atoms with Gasteiger partial charge in [0.25, 0.3) is 12.3 Å². The number of ether oxygens (including phenoxy) is 1. The van der Waals surface area contributed by atoms with E-state index < -0.39 is 12.3 Å². The molecule has 2 amide bonds. The summed E-state index contributed by atoms with van der Waals surface area (Å²) in [7, 11) is 1.61. The van der Waals surface area contributed by atoms with Gasteiger partial charge < -0.3 is 24.5 Å². The molecule has 1 aromatic heterocycles. The normalized spacial score (nSPS) is 15.1. The number of fused-ring (bicyclic) bond motifs is 1. The zero-order valence-electron chi connectivity index (χ0n) is 18.2. The van der Waals surface area contributed by atoms with Crippen LogP contribution in [0.1, 0.15) is 28.8 Å². The summed E-state index contributed by atoms with van der Waals surface area (Å²) >= 11 is 0. The van der Waals surface area contributed by atoms with Gasteiger partial charge in [-0.2, -0.15) is 4.99 Å². The van der Waals surface area contributed by atoms with E-state index in [0.29, 0.717) is 43.8 Å². The lowest BCUT2D eigenvalue weighted by molar-refractivity contribution is -0.118. The second-order valence-corrected chi connectivity index (χ2v) is 7.71. The van der Waals surface area contributed by atoms with Crippen molar-refractivity contribution in [2.75, 3.05) is 38.3 Å². The molecule has 174 valence electrons. The van der Waals surface area contributed by atoms with E-state index in [1.807, 2.05) is 22.8 Å². The first-order valence-electron chi connectivity index (χ1n) is 10.7. The van der Waals surface area contributed by atoms with Gasteiger partial charge in [0, 0.05) is 50.2 Å². The van der Waals surface area contributed by atoms with Crippen molar-refractivity contribution in [2.24, 2.45) is 4.99 Å². The third-order valence-electron chi connectivity index (χ3n) is 5.50. The fraction of sp³-hybridized carbons (Fsp3) is 0.348. The van der Waals surface area contributed by atoms with E-state index in [4.69, 9.17) is 4.74 Å². The number of H-pyrrole nitrogens is 1. The number of hydrogen-bond donors (Lipinski definition) is 2. The number of piperazine rings is 1. The number of carbonyl (C=O) groups excluding carboxylic acids is 2. The number of methoxy groups -OCH3 is 1. The Morgan fingerprint density at radius 1 is 1.24 bits per heavy atom. The van der Waals surface area contributed by atoms with Gasteiger partial charge in [0.05, 0.1) is 17.6 Å². The van der Waals surface area contributed by atoms with Crippen LogP contribution in [0.4, 0.5) is 14.5 Å². The summed E-state index contributed by atoms with van der Waals surface area (Å²) in [5.74, 6) is -0.638. The molecule has 1 fully saturated rings. The molecule has 0 radical (unpaired) electrons. The third kappa shape index (κ3) is 5.01. The summed E-state index contributed by atoms with van der Waals surface area (Å²) < 4.78 is 33.1. The first-order valence-corrected chi connectivity index (χ1v) is 10.7. The molecule has 1 aliphatic heterocycles. The highest BCUT2D eigenvalue weighted by atomic mass is 19.3. The molecule has 1 saturated heterocycles. The molecular weight excluding hydrogens is 432 g/mol. The molecule has 4 rings (SSSR count). The van der Waals surface area contributed by atoms with Crippen LogP contribution in [-0.4, -0.2) is 54.7 Å². The highest BCUT2D eigenvalue weighted by Gasteiger charge is 2.20. The Labute approximate surface area is 188 Å². The van der Waals surface area contributed by atoms with Gasteiger partial charge in [0.1, 0.15) is 0 Å². The Kier molecular flexibility index (Phi) is 6.95. The van der Waals surface area contributed by atoms with Crippen molar-refractivity contribution in [2.45, 2.75) is 19.4 Å². The third-order valence-corrected chi connectivity index (χ3v) is 5.50. The molecule has 0 aliphatic carbocycles. The largest absolute Gasteiger partial charge is 0.385 e. The van der Waals surface area contributed by atoms with Crippen molar-refractivity contribution in [1.82, 2.24) is 14.9 Å². The predicted molar refractivity (Wildman–Crippen MR) is 119 cm³/mol. The van der Waals surface area contributed by atoms with Crippen LogP contribution in [0.5, 0.6) is 0 Å². The molecule has 10 heteroatoms. The van der Waals surface area contributed by atoms with E-state index in [2.05, 4.69) is 15.3 Å². The minimum atomic E-state index is -2.67. The van der Waals surface area contributed by atoms with Crippen molar-refractivity contribution in [3.05, 3.63) is 59.2 Å². The van der Waals surface area contributed by atoms with Gasteiger partial charge in [-0.25, -0.2) is 8.78 Å². The molecule has 1 aliphatic rings. The first-order chi connectivity index (χ1) is 16.0. The van der Waals surface area contributed by atoms with Crippen LogP contribution in [0.15, 0.2) is 47.5 Å². The van der Waals surface area contributed by atoms with Crippen molar-refractivity contribution in [3.63, 3.8) is 0 Å². The number of carbonyl (C=O) groups is 2. The van der Waals surface area contributed by atoms with Gasteiger partial charge in [0.2, 0.25) is 11.5 Å². The molecule has 3 aromatic rings. The number of rotatable bonds is 7. The molecule has 0 unspecified atom stereocenters. The fourth-order valence-corrected chi connectivity index (χ4v) is 3.86. The Bertz CT molecular complexity index is 1230. The molecule has 33 heavy (non-hydrogen) atoms. The second-order valence-electron chi connectivity index (χ2n) is 7.71. The van der Waals surface area contributed by atoms with E-state index in [-0.39, 0.29) is 23.6 Å². The maximum absolute atomic E-state index is 13.0. The maximum Gasteiger partial charge on any atom is 0.280 e. The van der Waals surface area contributed by atoms with Gasteiger partial charge in [-0.3, -0.25) is 9.59 Å². The van der Waals surface area contributed by atoms with E-state index >= 15 is 0 Å². The summed E-state index contributed by atoms with van der Waals surface area (Å²) in [6.45, 7) is 2.61. The van der Waals surface area contributed by atoms with E-state index in [1.54, 1.807) is 12.0 Å². The van der Waals surface area contributed by atoms with Crippen molar-refractivity contribution < 1.29 is 23.1 Å². The van der Waals surface area contributed by atoms with Gasteiger partial charge in [-0.1, -0.05) is 12.1 Å². The zero-order valence-corrected chi connectivity index (χ0v) is 18.2. The van der Waals surface area contributed by atoms with E-state index in [0.717, 1.165) is 17.3 Å². The number of amides is 2. The number of aromatic nitrogens is 2. The lowest BCUT2D eigenvalue weighted by atomic mass is 10.1. The fourth-order valence-electron chi connectivity index (χ4n) is 3.86. The topological polar surface area (TPSA) is 91.7 Å². The standard InChI is InChI=1S/C23H25F2N5O3/c1-33-11-3-9-30-19-7-6-17(29-10-8-26-14-20(29)31)13-18(19)27-23(30)28-22(32)16-5-2-4-15(12-16)21(24)25/h2,4-7,12-13,21,26H,3,8-11,14H2,1H3,(H,27,28,32). The average Bonchev–Trinajstić information content (AvgIpc) is 3.15. The quantitative estimate of drug-likeness (QED) is 0.534. The summed E-state index contributed by atoms with van der Waals surface area (Å²) in [4.78, 5) is 34.1.